The number of amides is 2. The van der Waals surface area contributed by atoms with Crippen LogP contribution < -0.4 is 10.6 Å². The van der Waals surface area contributed by atoms with Crippen LogP contribution in [0, 0.1) is 5.92 Å². The second-order valence-electron chi connectivity index (χ2n) is 7.06. The normalized spacial score (nSPS) is 26.7. The van der Waals surface area contributed by atoms with E-state index in [1.807, 2.05) is 0 Å². The summed E-state index contributed by atoms with van der Waals surface area (Å²) in [5.74, 6) is -0.239. The number of nitrogens with one attached hydrogen (secondary N) is 2. The van der Waals surface area contributed by atoms with Gasteiger partial charge in [-0.15, -0.1) is 0 Å². The molecular weight excluding hydrogens is 344 g/mol. The highest BCUT2D eigenvalue weighted by Crippen LogP contribution is 2.26. The second kappa shape index (κ2) is 8.19. The number of aryl methyl sites for hydroxylation is 1. The molecule has 1 aromatic rings. The Labute approximate surface area is 152 Å². The minimum absolute atomic E-state index is 0.0574. The van der Waals surface area contributed by atoms with E-state index >= 15 is 0 Å². The van der Waals surface area contributed by atoms with Gasteiger partial charge < -0.3 is 15.7 Å². The lowest BCUT2D eigenvalue weighted by atomic mass is 9.82. The van der Waals surface area contributed by atoms with Gasteiger partial charge in [0.15, 0.2) is 0 Å². The molecule has 0 saturated heterocycles. The summed E-state index contributed by atoms with van der Waals surface area (Å²) in [5, 5.41) is 20.7. The lowest BCUT2D eigenvalue weighted by Gasteiger charge is -2.35. The monoisotopic (exact) mass is 368 g/mol. The van der Waals surface area contributed by atoms with Crippen molar-refractivity contribution in [1.82, 2.24) is 20.4 Å². The molecule has 0 unspecified atom stereocenters. The van der Waals surface area contributed by atoms with Crippen LogP contribution in [0.15, 0.2) is 12.4 Å². The highest BCUT2D eigenvalue weighted by atomic mass is 35.5. The molecule has 7 nitrogen and oxygen atoms in total. The van der Waals surface area contributed by atoms with Crippen molar-refractivity contribution >= 4 is 23.4 Å². The Morgan fingerprint density at radius 2 is 2.08 bits per heavy atom. The molecule has 0 radical (unpaired) electrons. The summed E-state index contributed by atoms with van der Waals surface area (Å²) in [6.07, 6.45) is 7.79. The number of aliphatic hydroxyl groups excluding tert-OH is 1. The fourth-order valence-electron chi connectivity index (χ4n) is 3.38. The highest BCUT2D eigenvalue weighted by Gasteiger charge is 2.34. The molecule has 3 rings (SSSR count). The topological polar surface area (TPSA) is 96.2 Å². The number of aromatic nitrogens is 2. The first-order chi connectivity index (χ1) is 12.0. The van der Waals surface area contributed by atoms with Gasteiger partial charge in [0, 0.05) is 31.1 Å². The van der Waals surface area contributed by atoms with Crippen molar-refractivity contribution < 1.29 is 14.7 Å². The average molecular weight is 369 g/mol. The van der Waals surface area contributed by atoms with Crippen molar-refractivity contribution in [3.8, 4) is 0 Å². The number of carbonyl (C=O) groups excluding carboxylic acids is 2. The number of carbonyl (C=O) groups is 2. The zero-order chi connectivity index (χ0) is 17.8. The molecule has 1 aromatic heterocycles. The Bertz CT molecular complexity index is 617. The number of aliphatic hydroxyl groups is 1. The van der Waals surface area contributed by atoms with Crippen LogP contribution in [0.3, 0.4) is 0 Å². The van der Waals surface area contributed by atoms with Crippen LogP contribution >= 0.6 is 11.6 Å². The zero-order valence-corrected chi connectivity index (χ0v) is 14.9. The molecule has 2 fully saturated rings. The maximum atomic E-state index is 12.3. The summed E-state index contributed by atoms with van der Waals surface area (Å²) in [4.78, 5) is 24.5. The standard InChI is InChI=1S/C17H25ClN4O3/c18-12-9-19-22(10-12)7-6-16(24)21-14-8-11(4-5-15(14)23)17(25)20-13-2-1-3-13/h9-11,13-15,23H,1-8H2,(H,20,25)(H,21,24)/t11-,14+,15+/m0/s1. The molecule has 2 aliphatic rings. The molecule has 3 N–H and O–H groups in total. The van der Waals surface area contributed by atoms with E-state index < -0.39 is 6.10 Å². The summed E-state index contributed by atoms with van der Waals surface area (Å²) >= 11 is 5.79. The molecule has 0 bridgehead atoms. The number of rotatable bonds is 6. The maximum Gasteiger partial charge on any atom is 0.223 e. The first kappa shape index (κ1) is 18.2. The number of nitrogens with zero attached hydrogens (tertiary/aromatic N) is 2. The minimum Gasteiger partial charge on any atom is -0.391 e. The molecule has 2 saturated carbocycles. The molecule has 0 aliphatic heterocycles. The van der Waals surface area contributed by atoms with Crippen molar-refractivity contribution in [2.24, 2.45) is 5.92 Å². The molecular formula is C17H25ClN4O3. The van der Waals surface area contributed by atoms with Crippen molar-refractivity contribution in [2.75, 3.05) is 0 Å². The van der Waals surface area contributed by atoms with Crippen LogP contribution in [0.2, 0.25) is 5.02 Å². The summed E-state index contributed by atoms with van der Waals surface area (Å²) < 4.78 is 1.61. The number of hydrogen-bond donors (Lipinski definition) is 3. The molecule has 0 aromatic carbocycles. The molecule has 2 aliphatic carbocycles. The van der Waals surface area contributed by atoms with E-state index in [4.69, 9.17) is 11.6 Å². The van der Waals surface area contributed by atoms with Gasteiger partial charge in [-0.1, -0.05) is 11.6 Å². The van der Waals surface area contributed by atoms with E-state index in [2.05, 4.69) is 15.7 Å². The Balaban J connectivity index is 1.46. The van der Waals surface area contributed by atoms with E-state index in [1.165, 1.54) is 12.6 Å². The van der Waals surface area contributed by atoms with E-state index in [-0.39, 0.29) is 30.2 Å². The number of halogens is 1. The molecule has 3 atom stereocenters. The summed E-state index contributed by atoms with van der Waals surface area (Å²) in [5.41, 5.74) is 0. The van der Waals surface area contributed by atoms with Crippen LogP contribution in [-0.4, -0.2) is 44.9 Å². The third kappa shape index (κ3) is 4.95. The van der Waals surface area contributed by atoms with Gasteiger partial charge in [-0.3, -0.25) is 14.3 Å². The van der Waals surface area contributed by atoms with Gasteiger partial charge in [-0.2, -0.15) is 5.10 Å². The van der Waals surface area contributed by atoms with Crippen LogP contribution in [-0.2, 0) is 16.1 Å². The Kier molecular flexibility index (Phi) is 5.96. The molecule has 1 heterocycles. The lowest BCUT2D eigenvalue weighted by molar-refractivity contribution is -0.130. The van der Waals surface area contributed by atoms with Crippen LogP contribution in [0.25, 0.3) is 0 Å². The molecule has 138 valence electrons. The fourth-order valence-corrected chi connectivity index (χ4v) is 3.53. The van der Waals surface area contributed by atoms with Gasteiger partial charge in [0.1, 0.15) is 0 Å². The van der Waals surface area contributed by atoms with Gasteiger partial charge in [-0.25, -0.2) is 0 Å². The number of hydrogen-bond acceptors (Lipinski definition) is 4. The van der Waals surface area contributed by atoms with Crippen molar-refractivity contribution in [3.05, 3.63) is 17.4 Å². The van der Waals surface area contributed by atoms with Crippen molar-refractivity contribution in [1.29, 1.82) is 0 Å². The van der Waals surface area contributed by atoms with Crippen LogP contribution in [0.5, 0.6) is 0 Å². The third-order valence-electron chi connectivity index (χ3n) is 5.15. The Morgan fingerprint density at radius 1 is 1.28 bits per heavy atom. The molecule has 0 spiro atoms. The molecule has 8 heteroatoms. The van der Waals surface area contributed by atoms with Crippen molar-refractivity contribution in [3.63, 3.8) is 0 Å². The van der Waals surface area contributed by atoms with Crippen LogP contribution in [0.4, 0.5) is 0 Å². The lowest BCUT2D eigenvalue weighted by Crippen LogP contribution is -2.51. The van der Waals surface area contributed by atoms with Gasteiger partial charge in [0.2, 0.25) is 11.8 Å². The third-order valence-corrected chi connectivity index (χ3v) is 5.35. The minimum atomic E-state index is -0.601. The summed E-state index contributed by atoms with van der Waals surface area (Å²) in [7, 11) is 0. The summed E-state index contributed by atoms with van der Waals surface area (Å²) in [6.45, 7) is 0.424. The van der Waals surface area contributed by atoms with Crippen molar-refractivity contribution in [2.45, 2.75) is 69.7 Å². The van der Waals surface area contributed by atoms with E-state index in [0.717, 1.165) is 12.8 Å². The predicted molar refractivity (Wildman–Crippen MR) is 92.9 cm³/mol. The first-order valence-electron chi connectivity index (χ1n) is 8.97. The first-order valence-corrected chi connectivity index (χ1v) is 9.35. The SMILES string of the molecule is O=C(CCn1cc(Cl)cn1)N[C@@H]1C[C@@H](C(=O)NC2CCC2)CC[C@H]1O. The highest BCUT2D eigenvalue weighted by molar-refractivity contribution is 6.30. The fraction of sp³-hybridized carbons (Fsp3) is 0.706. The van der Waals surface area contributed by atoms with E-state index in [9.17, 15) is 14.7 Å². The van der Waals surface area contributed by atoms with Gasteiger partial charge >= 0.3 is 0 Å². The maximum absolute atomic E-state index is 12.3. The Hall–Kier alpha value is -1.60. The van der Waals surface area contributed by atoms with Gasteiger partial charge in [0.25, 0.3) is 0 Å². The predicted octanol–water partition coefficient (Wildman–Crippen LogP) is 1.24. The average Bonchev–Trinajstić information content (AvgIpc) is 2.96. The van der Waals surface area contributed by atoms with Crippen LogP contribution in [0.1, 0.15) is 44.9 Å². The van der Waals surface area contributed by atoms with Gasteiger partial charge in [-0.05, 0) is 38.5 Å². The molecule has 25 heavy (non-hydrogen) atoms. The van der Waals surface area contributed by atoms with E-state index in [0.29, 0.717) is 36.9 Å². The smallest absolute Gasteiger partial charge is 0.223 e. The molecule has 2 amide bonds. The largest absolute Gasteiger partial charge is 0.391 e. The second-order valence-corrected chi connectivity index (χ2v) is 7.50. The Morgan fingerprint density at radius 3 is 2.72 bits per heavy atom. The summed E-state index contributed by atoms with van der Waals surface area (Å²) in [6, 6.07) is -0.0621. The van der Waals surface area contributed by atoms with E-state index in [1.54, 1.807) is 10.9 Å². The van der Waals surface area contributed by atoms with Gasteiger partial charge in [0.05, 0.1) is 23.4 Å². The zero-order valence-electron chi connectivity index (χ0n) is 14.2. The quantitative estimate of drug-likeness (QED) is 0.703.